The van der Waals surface area contributed by atoms with Gasteiger partial charge in [0, 0.05) is 22.3 Å². The van der Waals surface area contributed by atoms with Crippen molar-refractivity contribution in [2.45, 2.75) is 52.7 Å². The molecule has 1 aliphatic rings. The second-order valence-corrected chi connectivity index (χ2v) is 7.63. The summed E-state index contributed by atoms with van der Waals surface area (Å²) in [6.45, 7) is 7.65. The molecule has 0 aliphatic heterocycles. The normalized spacial score (nSPS) is 20.9. The molecule has 0 aromatic carbocycles. The minimum absolute atomic E-state index is 0.186. The van der Waals surface area contributed by atoms with Crippen LogP contribution in [0.25, 0.3) is 0 Å². The quantitative estimate of drug-likeness (QED) is 0.901. The van der Waals surface area contributed by atoms with E-state index in [2.05, 4.69) is 49.0 Å². The topological polar surface area (TPSA) is 25.2 Å². The minimum atomic E-state index is -0.302. The summed E-state index contributed by atoms with van der Waals surface area (Å²) in [4.78, 5) is 1.45. The first kappa shape index (κ1) is 13.9. The fraction of sp³-hybridized carbons (Fsp3) is 0.529. The van der Waals surface area contributed by atoms with Crippen LogP contribution in [0.5, 0.6) is 0 Å². The molecule has 2 heterocycles. The Hall–Kier alpha value is -1.06. The van der Waals surface area contributed by atoms with Crippen LogP contribution in [0.15, 0.2) is 23.7 Å². The molecule has 0 bridgehead atoms. The lowest BCUT2D eigenvalue weighted by Crippen LogP contribution is -2.26. The van der Waals surface area contributed by atoms with E-state index in [1.807, 2.05) is 11.3 Å². The molecule has 0 amide bonds. The van der Waals surface area contributed by atoms with Crippen molar-refractivity contribution in [1.82, 2.24) is 4.57 Å². The van der Waals surface area contributed by atoms with Crippen LogP contribution < -0.4 is 0 Å². The van der Waals surface area contributed by atoms with Crippen molar-refractivity contribution in [3.8, 4) is 0 Å². The zero-order valence-electron chi connectivity index (χ0n) is 12.5. The van der Waals surface area contributed by atoms with Crippen LogP contribution >= 0.6 is 11.3 Å². The van der Waals surface area contributed by atoms with Gasteiger partial charge in [0.1, 0.15) is 0 Å². The summed E-state index contributed by atoms with van der Waals surface area (Å²) >= 11 is 1.84. The molecular formula is C17H23NOS. The Morgan fingerprint density at radius 1 is 1.40 bits per heavy atom. The van der Waals surface area contributed by atoms with Gasteiger partial charge in [-0.25, -0.2) is 0 Å². The summed E-state index contributed by atoms with van der Waals surface area (Å²) in [6.07, 6.45) is 4.86. The monoisotopic (exact) mass is 289 g/mol. The van der Waals surface area contributed by atoms with Crippen molar-refractivity contribution >= 4 is 11.3 Å². The smallest absolute Gasteiger partial charge is 0.0812 e. The minimum Gasteiger partial charge on any atom is -0.388 e. The lowest BCUT2D eigenvalue weighted by molar-refractivity contribution is 0.0981. The maximum atomic E-state index is 10.3. The third-order valence-electron chi connectivity index (χ3n) is 4.40. The molecule has 0 fully saturated rings. The van der Waals surface area contributed by atoms with Crippen LogP contribution in [-0.4, -0.2) is 9.67 Å². The van der Waals surface area contributed by atoms with E-state index in [0.29, 0.717) is 0 Å². The number of aliphatic hydroxyl groups is 1. The molecule has 1 aliphatic carbocycles. The van der Waals surface area contributed by atoms with Gasteiger partial charge in [-0.05, 0) is 47.8 Å². The standard InChI is InChI=1S/C17H23NOS/c1-4-12-6-8-20-16(12)11-18-7-5-13-14(18)9-17(2,3)10-15(13)19/h5-8,15,19H,4,9-11H2,1-3H3. The second kappa shape index (κ2) is 5.05. The number of aromatic nitrogens is 1. The van der Waals surface area contributed by atoms with Gasteiger partial charge in [-0.15, -0.1) is 11.3 Å². The Kier molecular flexibility index (Phi) is 3.51. The molecule has 0 saturated carbocycles. The summed E-state index contributed by atoms with van der Waals surface area (Å²) in [5, 5.41) is 12.5. The number of aryl methyl sites for hydroxylation is 1. The van der Waals surface area contributed by atoms with Crippen molar-refractivity contribution < 1.29 is 5.11 Å². The Morgan fingerprint density at radius 3 is 2.95 bits per heavy atom. The number of rotatable bonds is 3. The Balaban J connectivity index is 1.93. The predicted octanol–water partition coefficient (Wildman–Crippen LogP) is 4.17. The third kappa shape index (κ3) is 2.45. The predicted molar refractivity (Wildman–Crippen MR) is 84.3 cm³/mol. The van der Waals surface area contributed by atoms with Crippen LogP contribution in [0.2, 0.25) is 0 Å². The molecule has 2 nitrogen and oxygen atoms in total. The van der Waals surface area contributed by atoms with E-state index in [4.69, 9.17) is 0 Å². The van der Waals surface area contributed by atoms with Gasteiger partial charge in [0.25, 0.3) is 0 Å². The van der Waals surface area contributed by atoms with Gasteiger partial charge in [-0.2, -0.15) is 0 Å². The zero-order valence-corrected chi connectivity index (χ0v) is 13.3. The number of thiophene rings is 1. The Bertz CT molecular complexity index is 608. The number of aliphatic hydroxyl groups excluding tert-OH is 1. The highest BCUT2D eigenvalue weighted by Crippen LogP contribution is 2.41. The van der Waals surface area contributed by atoms with E-state index < -0.39 is 0 Å². The second-order valence-electron chi connectivity index (χ2n) is 6.63. The Labute approximate surface area is 125 Å². The fourth-order valence-electron chi connectivity index (χ4n) is 3.31. The van der Waals surface area contributed by atoms with Crippen LogP contribution in [0.4, 0.5) is 0 Å². The van der Waals surface area contributed by atoms with Crippen molar-refractivity contribution in [2.75, 3.05) is 0 Å². The van der Waals surface area contributed by atoms with E-state index in [0.717, 1.165) is 31.4 Å². The van der Waals surface area contributed by atoms with Crippen molar-refractivity contribution in [2.24, 2.45) is 5.41 Å². The molecule has 3 heteroatoms. The number of hydrogen-bond donors (Lipinski definition) is 1. The molecule has 2 aromatic heterocycles. The van der Waals surface area contributed by atoms with E-state index in [1.165, 1.54) is 16.1 Å². The Morgan fingerprint density at radius 2 is 2.20 bits per heavy atom. The highest BCUT2D eigenvalue weighted by atomic mass is 32.1. The van der Waals surface area contributed by atoms with Gasteiger partial charge in [0.2, 0.25) is 0 Å². The lowest BCUT2D eigenvalue weighted by Gasteiger charge is -2.34. The van der Waals surface area contributed by atoms with E-state index >= 15 is 0 Å². The highest BCUT2D eigenvalue weighted by molar-refractivity contribution is 7.10. The summed E-state index contributed by atoms with van der Waals surface area (Å²) in [5.74, 6) is 0. The van der Waals surface area contributed by atoms with Crippen LogP contribution in [0.3, 0.4) is 0 Å². The molecule has 2 aromatic rings. The largest absolute Gasteiger partial charge is 0.388 e. The zero-order chi connectivity index (χ0) is 14.3. The summed E-state index contributed by atoms with van der Waals surface area (Å²) in [6, 6.07) is 4.34. The fourth-order valence-corrected chi connectivity index (χ4v) is 4.29. The van der Waals surface area contributed by atoms with Crippen molar-refractivity contribution in [3.05, 3.63) is 45.4 Å². The molecule has 108 valence electrons. The summed E-state index contributed by atoms with van der Waals surface area (Å²) in [5.41, 5.74) is 4.10. The van der Waals surface area contributed by atoms with E-state index in [-0.39, 0.29) is 11.5 Å². The third-order valence-corrected chi connectivity index (χ3v) is 5.35. The van der Waals surface area contributed by atoms with Crippen LogP contribution in [0, 0.1) is 5.41 Å². The van der Waals surface area contributed by atoms with Crippen LogP contribution in [0.1, 0.15) is 55.0 Å². The summed E-state index contributed by atoms with van der Waals surface area (Å²) in [7, 11) is 0. The molecule has 3 rings (SSSR count). The highest BCUT2D eigenvalue weighted by Gasteiger charge is 2.33. The van der Waals surface area contributed by atoms with Gasteiger partial charge in [-0.1, -0.05) is 20.8 Å². The molecular weight excluding hydrogens is 266 g/mol. The average Bonchev–Trinajstić information content (AvgIpc) is 2.96. The first-order valence-corrected chi connectivity index (χ1v) is 8.29. The maximum Gasteiger partial charge on any atom is 0.0812 e. The van der Waals surface area contributed by atoms with Gasteiger partial charge in [0.15, 0.2) is 0 Å². The number of hydrogen-bond acceptors (Lipinski definition) is 2. The average molecular weight is 289 g/mol. The lowest BCUT2D eigenvalue weighted by atomic mass is 9.75. The number of fused-ring (bicyclic) bond motifs is 1. The summed E-state index contributed by atoms with van der Waals surface area (Å²) < 4.78 is 2.34. The molecule has 1 N–H and O–H groups in total. The van der Waals surface area contributed by atoms with Gasteiger partial charge >= 0.3 is 0 Å². The van der Waals surface area contributed by atoms with Gasteiger partial charge in [0.05, 0.1) is 12.6 Å². The first-order chi connectivity index (χ1) is 9.50. The van der Waals surface area contributed by atoms with Crippen molar-refractivity contribution in [3.63, 3.8) is 0 Å². The molecule has 1 atom stereocenters. The first-order valence-electron chi connectivity index (χ1n) is 7.41. The molecule has 20 heavy (non-hydrogen) atoms. The van der Waals surface area contributed by atoms with E-state index in [1.54, 1.807) is 0 Å². The van der Waals surface area contributed by atoms with Gasteiger partial charge in [-0.3, -0.25) is 0 Å². The molecule has 0 radical (unpaired) electrons. The molecule has 0 saturated heterocycles. The molecule has 0 spiro atoms. The SMILES string of the molecule is CCc1ccsc1Cn1ccc2c1CC(C)(C)CC2O. The van der Waals surface area contributed by atoms with Gasteiger partial charge < -0.3 is 9.67 Å². The van der Waals surface area contributed by atoms with Crippen molar-refractivity contribution in [1.29, 1.82) is 0 Å². The molecule has 1 unspecified atom stereocenters. The van der Waals surface area contributed by atoms with Crippen LogP contribution in [-0.2, 0) is 19.4 Å². The number of nitrogens with zero attached hydrogens (tertiary/aromatic N) is 1. The maximum absolute atomic E-state index is 10.3. The van der Waals surface area contributed by atoms with E-state index in [9.17, 15) is 5.11 Å².